The van der Waals surface area contributed by atoms with Crippen molar-refractivity contribution in [2.45, 2.75) is 6.54 Å². The van der Waals surface area contributed by atoms with E-state index in [-0.39, 0.29) is 30.7 Å². The molecule has 0 aliphatic carbocycles. The molecule has 3 heterocycles. The van der Waals surface area contributed by atoms with Gasteiger partial charge in [-0.15, -0.1) is 24.8 Å². The number of nitrogens with zero attached hydrogens (tertiary/aromatic N) is 4. The highest BCUT2D eigenvalue weighted by atomic mass is 79.9. The first-order chi connectivity index (χ1) is 11.2. The van der Waals surface area contributed by atoms with Crippen molar-refractivity contribution < 1.29 is 4.79 Å². The van der Waals surface area contributed by atoms with E-state index >= 15 is 0 Å². The summed E-state index contributed by atoms with van der Waals surface area (Å²) in [6.07, 6.45) is 3.43. The topological polar surface area (TPSA) is 75.4 Å². The van der Waals surface area contributed by atoms with Gasteiger partial charge in [-0.1, -0.05) is 0 Å². The van der Waals surface area contributed by atoms with E-state index in [1.165, 1.54) is 0 Å². The van der Waals surface area contributed by atoms with Gasteiger partial charge in [0.25, 0.3) is 5.91 Å². The first-order valence-electron chi connectivity index (χ1n) is 7.48. The summed E-state index contributed by atoms with van der Waals surface area (Å²) in [5.41, 5.74) is 6.97. The van der Waals surface area contributed by atoms with E-state index in [2.05, 4.69) is 30.8 Å². The highest BCUT2D eigenvalue weighted by Crippen LogP contribution is 2.17. The summed E-state index contributed by atoms with van der Waals surface area (Å²) < 4.78 is 0.962. The molecule has 2 N–H and O–H groups in total. The molecule has 25 heavy (non-hydrogen) atoms. The molecule has 1 aliphatic heterocycles. The predicted molar refractivity (Wildman–Crippen MR) is 107 cm³/mol. The molecule has 0 bridgehead atoms. The summed E-state index contributed by atoms with van der Waals surface area (Å²) in [4.78, 5) is 25.2. The van der Waals surface area contributed by atoms with Crippen molar-refractivity contribution >= 4 is 52.5 Å². The maximum atomic E-state index is 12.6. The zero-order valence-electron chi connectivity index (χ0n) is 13.5. The molecule has 1 aliphatic rings. The minimum absolute atomic E-state index is 0. The quantitative estimate of drug-likeness (QED) is 0.780. The van der Waals surface area contributed by atoms with Crippen LogP contribution in [0.3, 0.4) is 0 Å². The van der Waals surface area contributed by atoms with E-state index in [9.17, 15) is 4.79 Å². The van der Waals surface area contributed by atoms with Crippen molar-refractivity contribution in [3.05, 3.63) is 52.4 Å². The van der Waals surface area contributed by atoms with E-state index in [1.807, 2.05) is 17.0 Å². The molecule has 0 saturated carbocycles. The van der Waals surface area contributed by atoms with Crippen molar-refractivity contribution in [1.82, 2.24) is 14.9 Å². The SMILES string of the molecule is Cl.Cl.NCc1cc(C(=O)N2CCN(c3ccc(Br)cn3)CC2)ccn1. The molecule has 0 radical (unpaired) electrons. The summed E-state index contributed by atoms with van der Waals surface area (Å²) in [5.74, 6) is 0.972. The lowest BCUT2D eigenvalue weighted by molar-refractivity contribution is 0.0746. The summed E-state index contributed by atoms with van der Waals surface area (Å²) in [6, 6.07) is 7.47. The average Bonchev–Trinajstić information content (AvgIpc) is 2.62. The number of amides is 1. The Balaban J connectivity index is 0.00000156. The van der Waals surface area contributed by atoms with E-state index in [0.717, 1.165) is 29.1 Å². The maximum Gasteiger partial charge on any atom is 0.254 e. The fourth-order valence-electron chi connectivity index (χ4n) is 2.60. The molecule has 1 saturated heterocycles. The van der Waals surface area contributed by atoms with Crippen LogP contribution in [-0.4, -0.2) is 47.0 Å². The monoisotopic (exact) mass is 447 g/mol. The summed E-state index contributed by atoms with van der Waals surface area (Å²) >= 11 is 3.39. The number of carbonyl (C=O) groups is 1. The van der Waals surface area contributed by atoms with Crippen molar-refractivity contribution in [3.8, 4) is 0 Å². The Hall–Kier alpha value is -1.41. The van der Waals surface area contributed by atoms with Gasteiger partial charge in [0.05, 0.1) is 5.69 Å². The molecular weight excluding hydrogens is 429 g/mol. The number of piperazine rings is 1. The third-order valence-corrected chi connectivity index (χ3v) is 4.34. The van der Waals surface area contributed by atoms with Crippen LogP contribution in [0.2, 0.25) is 0 Å². The molecule has 9 heteroatoms. The number of anilines is 1. The lowest BCUT2D eigenvalue weighted by Crippen LogP contribution is -2.49. The van der Waals surface area contributed by atoms with Gasteiger partial charge in [0, 0.05) is 55.2 Å². The first-order valence-corrected chi connectivity index (χ1v) is 8.27. The number of carbonyl (C=O) groups excluding carboxylic acids is 1. The Kier molecular flexibility index (Phi) is 8.58. The van der Waals surface area contributed by atoms with E-state index in [0.29, 0.717) is 25.2 Å². The summed E-state index contributed by atoms with van der Waals surface area (Å²) in [7, 11) is 0. The molecule has 1 amide bonds. The molecule has 3 rings (SSSR count). The number of pyridine rings is 2. The molecule has 136 valence electrons. The second kappa shape index (κ2) is 9.91. The smallest absolute Gasteiger partial charge is 0.254 e. The molecule has 0 spiro atoms. The Morgan fingerprint density at radius 1 is 1.12 bits per heavy atom. The second-order valence-corrected chi connectivity index (χ2v) is 6.27. The highest BCUT2D eigenvalue weighted by Gasteiger charge is 2.23. The van der Waals surface area contributed by atoms with Crippen molar-refractivity contribution in [2.75, 3.05) is 31.1 Å². The molecule has 0 atom stereocenters. The molecule has 6 nitrogen and oxygen atoms in total. The van der Waals surface area contributed by atoms with Gasteiger partial charge in [-0.2, -0.15) is 0 Å². The van der Waals surface area contributed by atoms with Crippen molar-refractivity contribution in [1.29, 1.82) is 0 Å². The average molecular weight is 449 g/mol. The molecule has 0 unspecified atom stereocenters. The van der Waals surface area contributed by atoms with Crippen LogP contribution >= 0.6 is 40.7 Å². The van der Waals surface area contributed by atoms with Gasteiger partial charge in [-0.3, -0.25) is 9.78 Å². The zero-order valence-corrected chi connectivity index (χ0v) is 16.7. The number of halogens is 3. The first kappa shape index (κ1) is 21.6. The van der Waals surface area contributed by atoms with Crippen molar-refractivity contribution in [3.63, 3.8) is 0 Å². The Labute approximate surface area is 167 Å². The normalized spacial score (nSPS) is 13.7. The summed E-state index contributed by atoms with van der Waals surface area (Å²) in [6.45, 7) is 3.24. The van der Waals surface area contributed by atoms with Gasteiger partial charge in [0.2, 0.25) is 0 Å². The number of rotatable bonds is 3. The number of hydrogen-bond donors (Lipinski definition) is 1. The predicted octanol–water partition coefficient (Wildman–Crippen LogP) is 2.50. The molecule has 0 aromatic carbocycles. The van der Waals surface area contributed by atoms with E-state index in [4.69, 9.17) is 5.73 Å². The lowest BCUT2D eigenvalue weighted by atomic mass is 10.2. The van der Waals surface area contributed by atoms with E-state index in [1.54, 1.807) is 24.5 Å². The maximum absolute atomic E-state index is 12.6. The lowest BCUT2D eigenvalue weighted by Gasteiger charge is -2.35. The van der Waals surface area contributed by atoms with Crippen LogP contribution in [0.1, 0.15) is 16.1 Å². The Bertz CT molecular complexity index is 693. The largest absolute Gasteiger partial charge is 0.353 e. The van der Waals surface area contributed by atoms with Gasteiger partial charge in [-0.05, 0) is 40.2 Å². The summed E-state index contributed by atoms with van der Waals surface area (Å²) in [5, 5.41) is 0. The third-order valence-electron chi connectivity index (χ3n) is 3.88. The van der Waals surface area contributed by atoms with Gasteiger partial charge >= 0.3 is 0 Å². The highest BCUT2D eigenvalue weighted by molar-refractivity contribution is 9.10. The minimum Gasteiger partial charge on any atom is -0.353 e. The van der Waals surface area contributed by atoms with Crippen LogP contribution < -0.4 is 10.6 Å². The zero-order chi connectivity index (χ0) is 16.2. The van der Waals surface area contributed by atoms with Crippen LogP contribution in [0.15, 0.2) is 41.1 Å². The number of nitrogens with two attached hydrogens (primary N) is 1. The van der Waals surface area contributed by atoms with Gasteiger partial charge in [0.15, 0.2) is 0 Å². The minimum atomic E-state index is 0. The second-order valence-electron chi connectivity index (χ2n) is 5.35. The van der Waals surface area contributed by atoms with Gasteiger partial charge in [0.1, 0.15) is 5.82 Å². The standard InChI is InChI=1S/C16H18BrN5O.2ClH/c17-13-1-2-15(20-11-13)21-5-7-22(8-6-21)16(23)12-3-4-19-14(9-12)10-18;;/h1-4,9,11H,5-8,10,18H2;2*1H. The van der Waals surface area contributed by atoms with Crippen molar-refractivity contribution in [2.24, 2.45) is 5.73 Å². The van der Waals surface area contributed by atoms with Gasteiger partial charge < -0.3 is 15.5 Å². The van der Waals surface area contributed by atoms with Crippen LogP contribution in [0.25, 0.3) is 0 Å². The molecule has 1 fully saturated rings. The fraction of sp³-hybridized carbons (Fsp3) is 0.312. The van der Waals surface area contributed by atoms with Crippen LogP contribution in [0.5, 0.6) is 0 Å². The number of aromatic nitrogens is 2. The van der Waals surface area contributed by atoms with Crippen LogP contribution in [0, 0.1) is 0 Å². The number of hydrogen-bond acceptors (Lipinski definition) is 5. The Morgan fingerprint density at radius 3 is 2.44 bits per heavy atom. The van der Waals surface area contributed by atoms with Crippen LogP contribution in [-0.2, 0) is 6.54 Å². The molecule has 2 aromatic heterocycles. The van der Waals surface area contributed by atoms with Crippen LogP contribution in [0.4, 0.5) is 5.82 Å². The van der Waals surface area contributed by atoms with E-state index < -0.39 is 0 Å². The van der Waals surface area contributed by atoms with Gasteiger partial charge in [-0.25, -0.2) is 4.98 Å². The molecule has 2 aromatic rings. The molecular formula is C16H20BrCl2N5O. The Morgan fingerprint density at radius 2 is 1.84 bits per heavy atom. The third kappa shape index (κ3) is 5.28. The fourth-order valence-corrected chi connectivity index (χ4v) is 2.83.